The van der Waals surface area contributed by atoms with Crippen molar-refractivity contribution in [3.63, 3.8) is 0 Å². The number of nitrogens with zero attached hydrogens (tertiary/aromatic N) is 3. The van der Waals surface area contributed by atoms with Crippen molar-refractivity contribution < 1.29 is 0 Å². The lowest BCUT2D eigenvalue weighted by Gasteiger charge is -2.22. The number of anilines is 3. The fourth-order valence-corrected chi connectivity index (χ4v) is 2.80. The third-order valence-corrected chi connectivity index (χ3v) is 3.70. The first kappa shape index (κ1) is 12.9. The second-order valence-corrected chi connectivity index (χ2v) is 4.95. The Morgan fingerprint density at radius 2 is 2.15 bits per heavy atom. The smallest absolute Gasteiger partial charge is 0.148 e. The van der Waals surface area contributed by atoms with Gasteiger partial charge in [-0.25, -0.2) is 15.8 Å². The van der Waals surface area contributed by atoms with Crippen LogP contribution in [0.1, 0.15) is 24.5 Å². The third kappa shape index (κ3) is 2.10. The van der Waals surface area contributed by atoms with Gasteiger partial charge in [0.05, 0.1) is 0 Å². The summed E-state index contributed by atoms with van der Waals surface area (Å²) in [5.41, 5.74) is 6.40. The molecule has 0 amide bonds. The monoisotopic (exact) mass is 269 g/mol. The zero-order chi connectivity index (χ0) is 13.9. The zero-order valence-electron chi connectivity index (χ0n) is 11.6. The molecule has 1 aliphatic heterocycles. The number of hydrogen-bond acceptors (Lipinski definition) is 5. The van der Waals surface area contributed by atoms with Gasteiger partial charge in [-0.15, -0.1) is 0 Å². The molecule has 5 nitrogen and oxygen atoms in total. The van der Waals surface area contributed by atoms with E-state index in [-0.39, 0.29) is 0 Å². The molecule has 1 aromatic heterocycles. The highest BCUT2D eigenvalue weighted by Gasteiger charge is 2.24. The number of para-hydroxylation sites is 1. The number of aromatic nitrogens is 2. The molecule has 2 heterocycles. The van der Waals surface area contributed by atoms with Crippen LogP contribution in [0.25, 0.3) is 0 Å². The lowest BCUT2D eigenvalue weighted by molar-refractivity contribution is 0.876. The maximum Gasteiger partial charge on any atom is 0.148 e. The first-order chi connectivity index (χ1) is 9.85. The second kappa shape index (κ2) is 5.46. The molecule has 20 heavy (non-hydrogen) atoms. The third-order valence-electron chi connectivity index (χ3n) is 3.70. The molecular formula is C15H19N5. The predicted octanol–water partition coefficient (Wildman–Crippen LogP) is 2.41. The summed E-state index contributed by atoms with van der Waals surface area (Å²) in [4.78, 5) is 11.0. The molecule has 0 radical (unpaired) electrons. The minimum atomic E-state index is 0.723. The number of benzene rings is 1. The number of fused-ring (bicyclic) bond motifs is 1. The topological polar surface area (TPSA) is 67.1 Å². The quantitative estimate of drug-likeness (QED) is 0.659. The SMILES string of the molecule is CCCc1c(NN)ncnc1N1CCc2ccccc21. The van der Waals surface area contributed by atoms with Crippen LogP contribution in [0, 0.1) is 0 Å². The van der Waals surface area contributed by atoms with Gasteiger partial charge in [0.15, 0.2) is 0 Å². The van der Waals surface area contributed by atoms with Crippen LogP contribution in [0.2, 0.25) is 0 Å². The molecule has 1 aromatic carbocycles. The molecule has 104 valence electrons. The summed E-state index contributed by atoms with van der Waals surface area (Å²) in [6, 6.07) is 8.48. The van der Waals surface area contributed by atoms with Gasteiger partial charge >= 0.3 is 0 Å². The molecule has 0 aliphatic carbocycles. The summed E-state index contributed by atoms with van der Waals surface area (Å²) in [7, 11) is 0. The van der Waals surface area contributed by atoms with Crippen LogP contribution >= 0.6 is 0 Å². The van der Waals surface area contributed by atoms with Crippen molar-refractivity contribution in [1.82, 2.24) is 9.97 Å². The van der Waals surface area contributed by atoms with E-state index in [9.17, 15) is 0 Å². The Kier molecular flexibility index (Phi) is 3.52. The molecule has 0 atom stereocenters. The first-order valence-corrected chi connectivity index (χ1v) is 7.01. The fraction of sp³-hybridized carbons (Fsp3) is 0.333. The van der Waals surface area contributed by atoms with Crippen LogP contribution in [0.5, 0.6) is 0 Å². The average molecular weight is 269 g/mol. The van der Waals surface area contributed by atoms with Crippen molar-refractivity contribution in [2.45, 2.75) is 26.2 Å². The second-order valence-electron chi connectivity index (χ2n) is 4.95. The molecule has 3 N–H and O–H groups in total. The molecule has 3 rings (SSSR count). The maximum atomic E-state index is 5.58. The van der Waals surface area contributed by atoms with Gasteiger partial charge in [0.1, 0.15) is 18.0 Å². The zero-order valence-corrected chi connectivity index (χ0v) is 11.6. The van der Waals surface area contributed by atoms with E-state index in [0.717, 1.165) is 43.0 Å². The largest absolute Gasteiger partial charge is 0.325 e. The standard InChI is InChI=1S/C15H19N5/c1-2-5-12-14(19-16)17-10-18-15(12)20-9-8-11-6-3-4-7-13(11)20/h3-4,6-7,10H,2,5,8-9,16H2,1H3,(H,17,18,19). The number of nitrogens with one attached hydrogen (secondary N) is 1. The molecule has 2 aromatic rings. The normalized spacial score (nSPS) is 13.4. The van der Waals surface area contributed by atoms with E-state index in [1.54, 1.807) is 6.33 Å². The highest BCUT2D eigenvalue weighted by Crippen LogP contribution is 2.36. The summed E-state index contributed by atoms with van der Waals surface area (Å²) in [5, 5.41) is 0. The summed E-state index contributed by atoms with van der Waals surface area (Å²) < 4.78 is 0. The lowest BCUT2D eigenvalue weighted by Crippen LogP contribution is -2.20. The summed E-state index contributed by atoms with van der Waals surface area (Å²) >= 11 is 0. The number of nitrogens with two attached hydrogens (primary N) is 1. The van der Waals surface area contributed by atoms with E-state index in [1.807, 2.05) is 0 Å². The van der Waals surface area contributed by atoms with Crippen molar-refractivity contribution in [3.8, 4) is 0 Å². The van der Waals surface area contributed by atoms with Gasteiger partial charge in [-0.3, -0.25) is 0 Å². The van der Waals surface area contributed by atoms with E-state index in [1.165, 1.54) is 11.3 Å². The minimum absolute atomic E-state index is 0.723. The minimum Gasteiger partial charge on any atom is -0.325 e. The molecule has 0 spiro atoms. The molecule has 5 heteroatoms. The number of hydrazine groups is 1. The van der Waals surface area contributed by atoms with Gasteiger partial charge in [0.25, 0.3) is 0 Å². The number of nitrogen functional groups attached to an aromatic ring is 1. The Hall–Kier alpha value is -2.14. The Morgan fingerprint density at radius 3 is 2.95 bits per heavy atom. The van der Waals surface area contributed by atoms with Crippen LogP contribution in [0.4, 0.5) is 17.3 Å². The Bertz CT molecular complexity index is 611. The Labute approximate surface area is 118 Å². The highest BCUT2D eigenvalue weighted by atomic mass is 15.3. The van der Waals surface area contributed by atoms with Gasteiger partial charge in [0.2, 0.25) is 0 Å². The predicted molar refractivity (Wildman–Crippen MR) is 81.0 cm³/mol. The first-order valence-electron chi connectivity index (χ1n) is 7.01. The van der Waals surface area contributed by atoms with Crippen LogP contribution in [0.15, 0.2) is 30.6 Å². The van der Waals surface area contributed by atoms with Crippen LogP contribution in [-0.4, -0.2) is 16.5 Å². The van der Waals surface area contributed by atoms with Gasteiger partial charge in [-0.05, 0) is 24.5 Å². The van der Waals surface area contributed by atoms with Gasteiger partial charge in [0, 0.05) is 17.8 Å². The Balaban J connectivity index is 2.07. The average Bonchev–Trinajstić information content (AvgIpc) is 2.92. The number of rotatable bonds is 4. The lowest BCUT2D eigenvalue weighted by atomic mass is 10.1. The molecule has 0 fully saturated rings. The van der Waals surface area contributed by atoms with E-state index in [0.29, 0.717) is 0 Å². The summed E-state index contributed by atoms with van der Waals surface area (Å²) in [6.45, 7) is 3.10. The van der Waals surface area contributed by atoms with Crippen LogP contribution in [0.3, 0.4) is 0 Å². The molecule has 0 saturated heterocycles. The summed E-state index contributed by atoms with van der Waals surface area (Å²) in [5.74, 6) is 7.28. The molecule has 0 bridgehead atoms. The molecule has 0 saturated carbocycles. The van der Waals surface area contributed by atoms with Gasteiger partial charge in [-0.1, -0.05) is 31.5 Å². The molecule has 1 aliphatic rings. The van der Waals surface area contributed by atoms with Crippen molar-refractivity contribution in [3.05, 3.63) is 41.7 Å². The van der Waals surface area contributed by atoms with E-state index < -0.39 is 0 Å². The maximum absolute atomic E-state index is 5.58. The van der Waals surface area contributed by atoms with Crippen molar-refractivity contribution in [2.75, 3.05) is 16.9 Å². The van der Waals surface area contributed by atoms with Gasteiger partial charge < -0.3 is 10.3 Å². The fourth-order valence-electron chi connectivity index (χ4n) is 2.80. The van der Waals surface area contributed by atoms with Crippen molar-refractivity contribution in [1.29, 1.82) is 0 Å². The van der Waals surface area contributed by atoms with Gasteiger partial charge in [-0.2, -0.15) is 0 Å². The van der Waals surface area contributed by atoms with E-state index in [2.05, 4.69) is 51.5 Å². The van der Waals surface area contributed by atoms with Crippen molar-refractivity contribution in [2.24, 2.45) is 5.84 Å². The molecule has 0 unspecified atom stereocenters. The number of hydrogen-bond donors (Lipinski definition) is 2. The van der Waals surface area contributed by atoms with E-state index >= 15 is 0 Å². The van der Waals surface area contributed by atoms with Crippen LogP contribution < -0.4 is 16.2 Å². The van der Waals surface area contributed by atoms with E-state index in [4.69, 9.17) is 5.84 Å². The Morgan fingerprint density at radius 1 is 1.30 bits per heavy atom. The summed E-state index contributed by atoms with van der Waals surface area (Å²) in [6.07, 6.45) is 4.57. The molecular weight excluding hydrogens is 250 g/mol. The van der Waals surface area contributed by atoms with Crippen LogP contribution in [-0.2, 0) is 12.8 Å². The highest BCUT2D eigenvalue weighted by molar-refractivity contribution is 5.72. The van der Waals surface area contributed by atoms with Crippen molar-refractivity contribution >= 4 is 17.3 Å².